The van der Waals surface area contributed by atoms with Crippen molar-refractivity contribution in [3.05, 3.63) is 35.9 Å². The highest BCUT2D eigenvalue weighted by Crippen LogP contribution is 2.14. The summed E-state index contributed by atoms with van der Waals surface area (Å²) >= 11 is 0. The van der Waals surface area contributed by atoms with Gasteiger partial charge in [-0.05, 0) is 19.4 Å². The highest BCUT2D eigenvalue weighted by Gasteiger charge is 2.16. The maximum Gasteiger partial charge on any atom is 0.227 e. The first-order chi connectivity index (χ1) is 8.02. The second kappa shape index (κ2) is 6.37. The van der Waals surface area contributed by atoms with Crippen LogP contribution in [0.25, 0.3) is 0 Å². The Morgan fingerprint density at radius 3 is 2.47 bits per heavy atom. The van der Waals surface area contributed by atoms with Gasteiger partial charge in [-0.3, -0.25) is 4.79 Å². The number of nitrogens with one attached hydrogen (secondary N) is 1. The third-order valence-electron chi connectivity index (χ3n) is 2.82. The first kappa shape index (κ1) is 13.7. The molecule has 0 bridgehead atoms. The molecule has 0 heterocycles. The molecule has 0 radical (unpaired) electrons. The summed E-state index contributed by atoms with van der Waals surface area (Å²) in [6, 6.07) is 9.12. The van der Waals surface area contributed by atoms with Crippen molar-refractivity contribution in [3.63, 3.8) is 0 Å². The van der Waals surface area contributed by atoms with Gasteiger partial charge in [-0.2, -0.15) is 0 Å². The van der Waals surface area contributed by atoms with Gasteiger partial charge in [0, 0.05) is 12.6 Å². The highest BCUT2D eigenvalue weighted by molar-refractivity contribution is 5.83. The molecule has 1 rings (SSSR count). The van der Waals surface area contributed by atoms with Crippen LogP contribution in [0.2, 0.25) is 0 Å². The lowest BCUT2D eigenvalue weighted by molar-refractivity contribution is -0.122. The number of carbonyl (C=O) groups is 1. The Kier molecular flexibility index (Phi) is 5.12. The lowest BCUT2D eigenvalue weighted by atomic mass is 10.0. The summed E-state index contributed by atoms with van der Waals surface area (Å²) in [5, 5.41) is 12.0. The predicted octanol–water partition coefficient (Wildman–Crippen LogP) is 0.614. The van der Waals surface area contributed by atoms with Crippen LogP contribution >= 0.6 is 0 Å². The van der Waals surface area contributed by atoms with Gasteiger partial charge in [-0.25, -0.2) is 0 Å². The van der Waals surface area contributed by atoms with Crippen LogP contribution in [-0.2, 0) is 4.79 Å². The van der Waals surface area contributed by atoms with Crippen LogP contribution < -0.4 is 11.1 Å². The fourth-order valence-electron chi connectivity index (χ4n) is 1.44. The molecule has 4 nitrogen and oxygen atoms in total. The molecule has 4 heteroatoms. The van der Waals surface area contributed by atoms with Crippen molar-refractivity contribution in [2.24, 2.45) is 5.73 Å². The summed E-state index contributed by atoms with van der Waals surface area (Å²) in [4.78, 5) is 11.8. The Balaban J connectivity index is 2.48. The van der Waals surface area contributed by atoms with Crippen molar-refractivity contribution in [2.45, 2.75) is 31.9 Å². The van der Waals surface area contributed by atoms with E-state index in [0.29, 0.717) is 0 Å². The van der Waals surface area contributed by atoms with Gasteiger partial charge in [0.25, 0.3) is 0 Å². The van der Waals surface area contributed by atoms with E-state index < -0.39 is 12.1 Å². The number of rotatable bonds is 5. The van der Waals surface area contributed by atoms with Crippen LogP contribution in [0.15, 0.2) is 30.3 Å². The Bertz CT molecular complexity index is 352. The fourth-order valence-corrected chi connectivity index (χ4v) is 1.44. The number of aliphatic hydroxyl groups excluding tert-OH is 1. The number of hydrogen-bond donors (Lipinski definition) is 3. The van der Waals surface area contributed by atoms with E-state index in [2.05, 4.69) is 5.32 Å². The van der Waals surface area contributed by atoms with Crippen molar-refractivity contribution in [1.29, 1.82) is 0 Å². The van der Waals surface area contributed by atoms with Crippen LogP contribution in [0.5, 0.6) is 0 Å². The predicted molar refractivity (Wildman–Crippen MR) is 67.5 cm³/mol. The largest absolute Gasteiger partial charge is 0.392 e. The van der Waals surface area contributed by atoms with Crippen LogP contribution in [0.1, 0.15) is 25.3 Å². The molecule has 1 aromatic rings. The summed E-state index contributed by atoms with van der Waals surface area (Å²) in [6.45, 7) is 3.74. The second-order valence-electron chi connectivity index (χ2n) is 4.28. The van der Waals surface area contributed by atoms with Crippen molar-refractivity contribution >= 4 is 5.91 Å². The number of aliphatic hydroxyl groups is 1. The van der Waals surface area contributed by atoms with E-state index in [9.17, 15) is 9.90 Å². The van der Waals surface area contributed by atoms with Gasteiger partial charge < -0.3 is 16.2 Å². The molecule has 0 saturated heterocycles. The molecule has 0 aromatic heterocycles. The van der Waals surface area contributed by atoms with E-state index in [1.807, 2.05) is 37.3 Å². The summed E-state index contributed by atoms with van der Waals surface area (Å²) in [6.07, 6.45) is -0.623. The number of amides is 1. The van der Waals surface area contributed by atoms with Gasteiger partial charge >= 0.3 is 0 Å². The molecular formula is C13H20N2O2. The van der Waals surface area contributed by atoms with Gasteiger partial charge in [0.15, 0.2) is 0 Å². The Morgan fingerprint density at radius 1 is 1.35 bits per heavy atom. The molecule has 3 unspecified atom stereocenters. The lowest BCUT2D eigenvalue weighted by Gasteiger charge is -2.17. The van der Waals surface area contributed by atoms with Crippen molar-refractivity contribution < 1.29 is 9.90 Å². The van der Waals surface area contributed by atoms with Crippen molar-refractivity contribution in [3.8, 4) is 0 Å². The van der Waals surface area contributed by atoms with Crippen molar-refractivity contribution in [2.75, 3.05) is 6.54 Å². The first-order valence-corrected chi connectivity index (χ1v) is 5.78. The number of hydrogen-bond acceptors (Lipinski definition) is 3. The highest BCUT2D eigenvalue weighted by atomic mass is 16.3. The van der Waals surface area contributed by atoms with Gasteiger partial charge in [-0.1, -0.05) is 30.3 Å². The third kappa shape index (κ3) is 4.17. The second-order valence-corrected chi connectivity index (χ2v) is 4.28. The zero-order chi connectivity index (χ0) is 12.8. The molecule has 4 N–H and O–H groups in total. The lowest BCUT2D eigenvalue weighted by Crippen LogP contribution is -2.44. The van der Waals surface area contributed by atoms with Crippen LogP contribution in [0, 0.1) is 0 Å². The van der Waals surface area contributed by atoms with Crippen LogP contribution in [0.3, 0.4) is 0 Å². The van der Waals surface area contributed by atoms with Crippen LogP contribution in [-0.4, -0.2) is 29.7 Å². The molecule has 0 saturated carbocycles. The normalized spacial score (nSPS) is 16.0. The minimum atomic E-state index is -0.623. The molecule has 1 aromatic carbocycles. The molecule has 94 valence electrons. The van der Waals surface area contributed by atoms with E-state index in [1.54, 1.807) is 6.92 Å². The van der Waals surface area contributed by atoms with Gasteiger partial charge in [0.2, 0.25) is 5.91 Å². The average molecular weight is 236 g/mol. The smallest absolute Gasteiger partial charge is 0.227 e. The van der Waals surface area contributed by atoms with Gasteiger partial charge in [-0.15, -0.1) is 0 Å². The summed E-state index contributed by atoms with van der Waals surface area (Å²) in [5.41, 5.74) is 6.61. The molecule has 3 atom stereocenters. The van der Waals surface area contributed by atoms with Crippen LogP contribution in [0.4, 0.5) is 0 Å². The third-order valence-corrected chi connectivity index (χ3v) is 2.82. The molecule has 0 aliphatic rings. The zero-order valence-corrected chi connectivity index (χ0v) is 10.3. The molecule has 0 fully saturated rings. The molecular weight excluding hydrogens is 216 g/mol. The maximum absolute atomic E-state index is 11.8. The summed E-state index contributed by atoms with van der Waals surface area (Å²) in [7, 11) is 0. The van der Waals surface area contributed by atoms with E-state index >= 15 is 0 Å². The summed E-state index contributed by atoms with van der Waals surface area (Å²) < 4.78 is 0. The molecule has 1 amide bonds. The topological polar surface area (TPSA) is 75.4 Å². The Hall–Kier alpha value is -1.39. The first-order valence-electron chi connectivity index (χ1n) is 5.78. The van der Waals surface area contributed by atoms with E-state index in [4.69, 9.17) is 5.73 Å². The fraction of sp³-hybridized carbons (Fsp3) is 0.462. The number of nitrogens with two attached hydrogens (primary N) is 1. The number of carbonyl (C=O) groups excluding carboxylic acids is 1. The molecule has 0 aliphatic carbocycles. The standard InChI is InChI=1S/C13H20N2O2/c1-9(11-6-4-3-5-7-11)13(17)15-8-12(14)10(2)16/h3-7,9-10,12,16H,8,14H2,1-2H3,(H,15,17). The number of benzene rings is 1. The quantitative estimate of drug-likeness (QED) is 0.701. The van der Waals surface area contributed by atoms with E-state index in [-0.39, 0.29) is 18.4 Å². The zero-order valence-electron chi connectivity index (χ0n) is 10.3. The summed E-state index contributed by atoms with van der Waals surface area (Å²) in [5.74, 6) is -0.287. The minimum absolute atomic E-state index is 0.0766. The van der Waals surface area contributed by atoms with Gasteiger partial charge in [0.1, 0.15) is 0 Å². The average Bonchev–Trinajstić information content (AvgIpc) is 2.35. The minimum Gasteiger partial charge on any atom is -0.392 e. The van der Waals surface area contributed by atoms with E-state index in [0.717, 1.165) is 5.56 Å². The van der Waals surface area contributed by atoms with Crippen molar-refractivity contribution in [1.82, 2.24) is 5.32 Å². The Labute approximate surface area is 102 Å². The van der Waals surface area contributed by atoms with Gasteiger partial charge in [0.05, 0.1) is 12.0 Å². The van der Waals surface area contributed by atoms with E-state index in [1.165, 1.54) is 0 Å². The molecule has 17 heavy (non-hydrogen) atoms. The Morgan fingerprint density at radius 2 is 1.94 bits per heavy atom. The molecule has 0 spiro atoms. The maximum atomic E-state index is 11.8. The SMILES string of the molecule is CC(C(=O)NCC(N)C(C)O)c1ccccc1. The monoisotopic (exact) mass is 236 g/mol. The molecule has 0 aliphatic heterocycles.